The van der Waals surface area contributed by atoms with E-state index >= 15 is 0 Å². The van der Waals surface area contributed by atoms with Crippen LogP contribution >= 0.6 is 7.92 Å². The topological polar surface area (TPSA) is 37.3 Å². The number of carboxylic acid groups (broad SMARTS) is 1. The van der Waals surface area contributed by atoms with Crippen molar-refractivity contribution in [2.75, 3.05) is 18.5 Å². The second-order valence-electron chi connectivity index (χ2n) is 8.05. The minimum atomic E-state index is -0.659. The van der Waals surface area contributed by atoms with E-state index in [1.54, 1.807) is 8.87 Å². The predicted molar refractivity (Wildman–Crippen MR) is 143 cm³/mol. The molecule has 0 rings (SSSR count). The largest absolute Gasteiger partial charge is 0.108 e. The van der Waals surface area contributed by atoms with Crippen LogP contribution in [0.4, 0.5) is 0 Å². The normalized spacial score (nSPS) is 10.2. The van der Waals surface area contributed by atoms with E-state index < -0.39 is 5.97 Å². The van der Waals surface area contributed by atoms with Gasteiger partial charge in [0.05, 0.1) is 0 Å². The molecule has 4 heteroatoms. The fourth-order valence-corrected chi connectivity index (χ4v) is 8.49. The van der Waals surface area contributed by atoms with Crippen molar-refractivity contribution < 1.29 is 9.90 Å². The third-order valence-corrected chi connectivity index (χ3v) is 12.0. The molecule has 2 radical (unpaired) electrons. The first-order valence-electron chi connectivity index (χ1n) is 13.2. The Balaban J connectivity index is -0.000000393. The summed E-state index contributed by atoms with van der Waals surface area (Å²) in [6, 6.07) is 0. The molecule has 0 heterocycles. The Labute approximate surface area is 203 Å². The molecule has 182 valence electrons. The van der Waals surface area contributed by atoms with E-state index in [0.29, 0.717) is 14.3 Å². The summed E-state index contributed by atoms with van der Waals surface area (Å²) >= 11 is 0.149. The zero-order valence-corrected chi connectivity index (χ0v) is 25.5. The summed E-state index contributed by atoms with van der Waals surface area (Å²) in [6.45, 7) is 13.7. The van der Waals surface area contributed by atoms with Gasteiger partial charge in [0.25, 0.3) is 0 Å². The molecule has 0 saturated carbocycles. The predicted octanol–water partition coefficient (Wildman–Crippen LogP) is 9.65. The van der Waals surface area contributed by atoms with Gasteiger partial charge in [-0.3, -0.25) is 4.79 Å². The number of hydrogen-bond donors (Lipinski definition) is 1. The van der Waals surface area contributed by atoms with E-state index in [1.165, 1.54) is 89.1 Å². The molecule has 0 saturated heterocycles. The summed E-state index contributed by atoms with van der Waals surface area (Å²) in [6.07, 6.45) is 21.6. The van der Waals surface area contributed by atoms with Crippen LogP contribution in [0.25, 0.3) is 0 Å². The summed E-state index contributed by atoms with van der Waals surface area (Å²) in [4.78, 5) is 10.2. The smallest absolute Gasteiger partial charge is 0.0355 e. The number of aliphatic carboxylic acids is 1. The average molecular weight is 551 g/mol. The van der Waals surface area contributed by atoms with Crippen molar-refractivity contribution in [3.63, 3.8) is 0 Å². The molecule has 1 N–H and O–H groups in total. The van der Waals surface area contributed by atoms with Crippen molar-refractivity contribution in [2.24, 2.45) is 0 Å². The van der Waals surface area contributed by atoms with Gasteiger partial charge in [0.15, 0.2) is 0 Å². The van der Waals surface area contributed by atoms with E-state index in [1.807, 2.05) is 0 Å². The number of carboxylic acids is 1. The molecule has 30 heavy (non-hydrogen) atoms. The van der Waals surface area contributed by atoms with Crippen molar-refractivity contribution in [1.29, 1.82) is 0 Å². The Morgan fingerprint density at radius 2 is 0.967 bits per heavy atom. The van der Waals surface area contributed by atoms with Crippen molar-refractivity contribution in [1.82, 2.24) is 0 Å². The second-order valence-corrected chi connectivity index (χ2v) is 15.6. The number of unbranched alkanes of at least 4 members (excludes halogenated alkanes) is 10. The van der Waals surface area contributed by atoms with Gasteiger partial charge in [0.2, 0.25) is 0 Å². The summed E-state index contributed by atoms with van der Waals surface area (Å²) in [5.74, 6) is -0.659. The van der Waals surface area contributed by atoms with Crippen LogP contribution in [-0.2, 0) is 4.79 Å². The summed E-state index contributed by atoms with van der Waals surface area (Å²) in [5.41, 5.74) is 0. The van der Waals surface area contributed by atoms with Gasteiger partial charge in [-0.05, 0) is 24.9 Å². The van der Waals surface area contributed by atoms with Crippen LogP contribution in [0, 0.1) is 0 Å². The molecule has 0 fully saturated rings. The molecule has 0 aromatic rings. The zero-order chi connectivity index (χ0) is 23.3. The molecule has 0 amide bonds. The maximum atomic E-state index is 10.2. The van der Waals surface area contributed by atoms with Crippen molar-refractivity contribution >= 4 is 35.0 Å². The third-order valence-electron chi connectivity index (χ3n) is 5.25. The Morgan fingerprint density at radius 1 is 0.600 bits per heavy atom. The maximum Gasteiger partial charge on any atom is -0.0355 e. The van der Waals surface area contributed by atoms with Crippen molar-refractivity contribution in [3.05, 3.63) is 0 Å². The minimum Gasteiger partial charge on any atom is -0.108 e. The molecule has 0 aliphatic carbocycles. The van der Waals surface area contributed by atoms with Crippen LogP contribution in [0.5, 0.6) is 0 Å². The summed E-state index contributed by atoms with van der Waals surface area (Å²) in [7, 11) is 0.446. The average Bonchev–Trinajstić information content (AvgIpc) is 2.74. The Bertz CT molecular complexity index is 285. The number of rotatable bonds is 19. The SMILES string of the molecule is CCCCCCCCCCCC(=O)O.CCC[CH2][Sn][CH2]CCC.CCP(CC)CC. The molecule has 2 nitrogen and oxygen atoms in total. The van der Waals surface area contributed by atoms with Crippen molar-refractivity contribution in [3.8, 4) is 0 Å². The van der Waals surface area contributed by atoms with Gasteiger partial charge in [-0.2, -0.15) is 0 Å². The first-order chi connectivity index (χ1) is 14.5. The molecule has 0 atom stereocenters. The minimum absolute atomic E-state index is 0.149. The molecule has 0 aliphatic rings. The maximum absolute atomic E-state index is 10.2. The van der Waals surface area contributed by atoms with Crippen LogP contribution in [0.15, 0.2) is 0 Å². The number of carbonyl (C=O) groups is 1. The molecular weight excluding hydrogens is 494 g/mol. The Morgan fingerprint density at radius 3 is 1.27 bits per heavy atom. The molecule has 0 aromatic heterocycles. The van der Waals surface area contributed by atoms with Crippen LogP contribution in [0.2, 0.25) is 8.87 Å². The van der Waals surface area contributed by atoms with Gasteiger partial charge in [0, 0.05) is 6.42 Å². The van der Waals surface area contributed by atoms with Crippen LogP contribution in [-0.4, -0.2) is 50.7 Å². The van der Waals surface area contributed by atoms with E-state index in [0.717, 1.165) is 12.8 Å². The number of hydrogen-bond acceptors (Lipinski definition) is 1. The first kappa shape index (κ1) is 35.3. The second kappa shape index (κ2) is 34.3. The van der Waals surface area contributed by atoms with Gasteiger partial charge in [-0.15, -0.1) is 7.92 Å². The van der Waals surface area contributed by atoms with E-state index in [2.05, 4.69) is 41.5 Å². The molecule has 0 aromatic carbocycles. The zero-order valence-electron chi connectivity index (χ0n) is 21.7. The quantitative estimate of drug-likeness (QED) is 0.0986. The Kier molecular flexibility index (Phi) is 40.4. The monoisotopic (exact) mass is 552 g/mol. The summed E-state index contributed by atoms with van der Waals surface area (Å²) in [5, 5.41) is 8.41. The standard InChI is InChI=1S/C12H24O2.C6H15P.2C4H9.Sn/c1-2-3-4-5-6-7-8-9-10-11-12(13)14;1-4-7(5-2)6-3;2*1-3-4-2;/h2-11H2,1H3,(H,13,14);4-6H2,1-3H3;2*1,3-4H2,2H3;. The first-order valence-corrected chi connectivity index (χ1v) is 19.1. The molecule has 0 unspecified atom stereocenters. The van der Waals surface area contributed by atoms with Crippen LogP contribution < -0.4 is 0 Å². The third kappa shape index (κ3) is 39.2. The van der Waals surface area contributed by atoms with Gasteiger partial charge < -0.3 is 5.11 Å². The molecule has 0 bridgehead atoms. The van der Waals surface area contributed by atoms with Crippen LogP contribution in [0.1, 0.15) is 131 Å². The van der Waals surface area contributed by atoms with Crippen LogP contribution in [0.3, 0.4) is 0 Å². The van der Waals surface area contributed by atoms with Gasteiger partial charge in [-0.25, -0.2) is 0 Å². The fraction of sp³-hybridized carbons (Fsp3) is 0.962. The Hall–Kier alpha value is 0.699. The fourth-order valence-electron chi connectivity index (χ4n) is 2.99. The van der Waals surface area contributed by atoms with E-state index in [4.69, 9.17) is 5.11 Å². The molecular formula is C26H57O2PSn. The van der Waals surface area contributed by atoms with Gasteiger partial charge in [-0.1, -0.05) is 79.1 Å². The van der Waals surface area contributed by atoms with E-state index in [9.17, 15) is 4.79 Å². The van der Waals surface area contributed by atoms with E-state index in [-0.39, 0.29) is 21.1 Å². The van der Waals surface area contributed by atoms with Gasteiger partial charge in [0.1, 0.15) is 0 Å². The van der Waals surface area contributed by atoms with Gasteiger partial charge >= 0.3 is 75.5 Å². The summed E-state index contributed by atoms with van der Waals surface area (Å²) < 4.78 is 3.25. The molecule has 0 aliphatic heterocycles. The van der Waals surface area contributed by atoms with Crippen molar-refractivity contribution in [2.45, 2.75) is 140 Å². The molecule has 0 spiro atoms.